The van der Waals surface area contributed by atoms with Crippen LogP contribution in [0.5, 0.6) is 11.5 Å². The van der Waals surface area contributed by atoms with Crippen molar-refractivity contribution < 1.29 is 17.9 Å². The van der Waals surface area contributed by atoms with E-state index >= 15 is 0 Å². The van der Waals surface area contributed by atoms with Crippen molar-refractivity contribution in [2.24, 2.45) is 5.73 Å². The standard InChI is InChI=1S/C13H7BrF3NOS/c14-10-6(13(18)20)4-5-9(12(10)17)19-8-3-1-2-7(15)11(8)16/h1-5H,(H2,18,20). The number of hydrogen-bond acceptors (Lipinski definition) is 2. The fourth-order valence-corrected chi connectivity index (χ4v) is 2.32. The van der Waals surface area contributed by atoms with Crippen LogP contribution in [0.1, 0.15) is 5.56 Å². The van der Waals surface area contributed by atoms with Gasteiger partial charge in [0.25, 0.3) is 0 Å². The largest absolute Gasteiger partial charge is 0.451 e. The fraction of sp³-hybridized carbons (Fsp3) is 0. The average Bonchev–Trinajstić information content (AvgIpc) is 2.40. The Labute approximate surface area is 126 Å². The molecule has 0 heterocycles. The summed E-state index contributed by atoms with van der Waals surface area (Å²) in [6.07, 6.45) is 0. The first-order valence-corrected chi connectivity index (χ1v) is 6.51. The van der Waals surface area contributed by atoms with E-state index in [0.717, 1.165) is 6.07 Å². The highest BCUT2D eigenvalue weighted by Gasteiger charge is 2.17. The Hall–Kier alpha value is -1.60. The van der Waals surface area contributed by atoms with Crippen molar-refractivity contribution in [3.05, 3.63) is 57.8 Å². The zero-order chi connectivity index (χ0) is 14.9. The fourth-order valence-electron chi connectivity index (χ4n) is 1.48. The van der Waals surface area contributed by atoms with E-state index < -0.39 is 23.2 Å². The van der Waals surface area contributed by atoms with E-state index in [1.54, 1.807) is 0 Å². The van der Waals surface area contributed by atoms with E-state index in [9.17, 15) is 13.2 Å². The van der Waals surface area contributed by atoms with Gasteiger partial charge in [-0.15, -0.1) is 0 Å². The summed E-state index contributed by atoms with van der Waals surface area (Å²) in [4.78, 5) is -0.000684. The monoisotopic (exact) mass is 361 g/mol. The van der Waals surface area contributed by atoms with Crippen LogP contribution in [0.4, 0.5) is 13.2 Å². The molecular weight excluding hydrogens is 355 g/mol. The number of thiocarbonyl (C=S) groups is 1. The molecule has 7 heteroatoms. The van der Waals surface area contributed by atoms with Gasteiger partial charge < -0.3 is 10.5 Å². The number of halogens is 4. The first-order chi connectivity index (χ1) is 9.41. The van der Waals surface area contributed by atoms with Crippen LogP contribution >= 0.6 is 28.1 Å². The molecule has 0 saturated heterocycles. The molecule has 0 atom stereocenters. The van der Waals surface area contributed by atoms with Crippen LogP contribution in [-0.4, -0.2) is 4.99 Å². The second-order valence-corrected chi connectivity index (χ2v) is 4.99. The van der Waals surface area contributed by atoms with E-state index in [4.69, 9.17) is 22.7 Å². The Morgan fingerprint density at radius 1 is 1.05 bits per heavy atom. The summed E-state index contributed by atoms with van der Waals surface area (Å²) in [5.41, 5.74) is 5.70. The van der Waals surface area contributed by atoms with Gasteiger partial charge in [-0.05, 0) is 40.2 Å². The molecular formula is C13H7BrF3NOS. The first-order valence-electron chi connectivity index (χ1n) is 5.31. The predicted octanol–water partition coefficient (Wildman–Crippen LogP) is 4.29. The summed E-state index contributed by atoms with van der Waals surface area (Å²) in [6.45, 7) is 0. The van der Waals surface area contributed by atoms with Crippen LogP contribution in [0.3, 0.4) is 0 Å². The molecule has 2 N–H and O–H groups in total. The highest BCUT2D eigenvalue weighted by atomic mass is 79.9. The van der Waals surface area contributed by atoms with Crippen molar-refractivity contribution in [3.63, 3.8) is 0 Å². The van der Waals surface area contributed by atoms with Crippen molar-refractivity contribution >= 4 is 33.1 Å². The molecule has 0 aromatic heterocycles. The molecule has 0 aliphatic rings. The first kappa shape index (κ1) is 14.8. The van der Waals surface area contributed by atoms with Crippen molar-refractivity contribution in [1.29, 1.82) is 0 Å². The lowest BCUT2D eigenvalue weighted by Crippen LogP contribution is -2.11. The number of rotatable bonds is 3. The normalized spacial score (nSPS) is 10.4. The van der Waals surface area contributed by atoms with Crippen LogP contribution in [-0.2, 0) is 0 Å². The maximum absolute atomic E-state index is 14.0. The molecule has 0 radical (unpaired) electrons. The van der Waals surface area contributed by atoms with E-state index in [2.05, 4.69) is 15.9 Å². The summed E-state index contributed by atoms with van der Waals surface area (Å²) in [5.74, 6) is -3.78. The molecule has 0 unspecified atom stereocenters. The van der Waals surface area contributed by atoms with Crippen LogP contribution in [0.25, 0.3) is 0 Å². The molecule has 2 rings (SSSR count). The maximum Gasteiger partial charge on any atom is 0.201 e. The Morgan fingerprint density at radius 3 is 2.35 bits per heavy atom. The van der Waals surface area contributed by atoms with Gasteiger partial charge in [0.15, 0.2) is 23.1 Å². The minimum absolute atomic E-state index is 0.000638. The van der Waals surface area contributed by atoms with Gasteiger partial charge in [0, 0.05) is 5.56 Å². The van der Waals surface area contributed by atoms with E-state index in [0.29, 0.717) is 0 Å². The number of ether oxygens (including phenoxy) is 1. The molecule has 0 fully saturated rings. The van der Waals surface area contributed by atoms with Crippen molar-refractivity contribution in [3.8, 4) is 11.5 Å². The zero-order valence-corrected chi connectivity index (χ0v) is 12.2. The van der Waals surface area contributed by atoms with Crippen LogP contribution < -0.4 is 10.5 Å². The SMILES string of the molecule is NC(=S)c1ccc(Oc2cccc(F)c2F)c(F)c1Br. The summed E-state index contributed by atoms with van der Waals surface area (Å²) >= 11 is 7.74. The highest BCUT2D eigenvalue weighted by Crippen LogP contribution is 2.33. The smallest absolute Gasteiger partial charge is 0.201 e. The molecule has 2 nitrogen and oxygen atoms in total. The summed E-state index contributed by atoms with van der Waals surface area (Å²) in [6, 6.07) is 6.03. The lowest BCUT2D eigenvalue weighted by Gasteiger charge is -2.11. The van der Waals surface area contributed by atoms with Gasteiger partial charge in [-0.25, -0.2) is 8.78 Å². The summed E-state index contributed by atoms with van der Waals surface area (Å²) in [7, 11) is 0. The molecule has 2 aromatic carbocycles. The van der Waals surface area contributed by atoms with E-state index in [-0.39, 0.29) is 20.8 Å². The topological polar surface area (TPSA) is 35.2 Å². The molecule has 0 spiro atoms. The molecule has 2 aromatic rings. The Balaban J connectivity index is 2.42. The molecule has 0 saturated carbocycles. The Morgan fingerprint density at radius 2 is 1.70 bits per heavy atom. The van der Waals surface area contributed by atoms with E-state index in [1.807, 2.05) is 0 Å². The van der Waals surface area contributed by atoms with Gasteiger partial charge in [-0.2, -0.15) is 4.39 Å². The highest BCUT2D eigenvalue weighted by molar-refractivity contribution is 9.10. The van der Waals surface area contributed by atoms with Gasteiger partial charge in [0.05, 0.1) is 4.47 Å². The third kappa shape index (κ3) is 2.78. The Kier molecular flexibility index (Phi) is 4.29. The van der Waals surface area contributed by atoms with Crippen LogP contribution in [0, 0.1) is 17.5 Å². The molecule has 0 aliphatic carbocycles. The van der Waals surface area contributed by atoms with Gasteiger partial charge in [-0.3, -0.25) is 0 Å². The summed E-state index contributed by atoms with van der Waals surface area (Å²) in [5, 5.41) is 0. The lowest BCUT2D eigenvalue weighted by molar-refractivity contribution is 0.396. The summed E-state index contributed by atoms with van der Waals surface area (Å²) < 4.78 is 45.6. The minimum Gasteiger partial charge on any atom is -0.451 e. The average molecular weight is 362 g/mol. The number of nitrogens with two attached hydrogens (primary N) is 1. The zero-order valence-electron chi connectivity index (χ0n) is 9.79. The number of hydrogen-bond donors (Lipinski definition) is 1. The maximum atomic E-state index is 14.0. The van der Waals surface area contributed by atoms with Gasteiger partial charge in [-0.1, -0.05) is 18.3 Å². The minimum atomic E-state index is -1.19. The molecule has 20 heavy (non-hydrogen) atoms. The van der Waals surface area contributed by atoms with Crippen LogP contribution in [0.15, 0.2) is 34.8 Å². The van der Waals surface area contributed by atoms with Gasteiger partial charge in [0.2, 0.25) is 5.82 Å². The molecule has 0 aliphatic heterocycles. The third-order valence-electron chi connectivity index (χ3n) is 2.45. The number of benzene rings is 2. The quantitative estimate of drug-likeness (QED) is 0.828. The molecule has 0 amide bonds. The van der Waals surface area contributed by atoms with Crippen molar-refractivity contribution in [2.75, 3.05) is 0 Å². The lowest BCUT2D eigenvalue weighted by atomic mass is 10.2. The van der Waals surface area contributed by atoms with Crippen LogP contribution in [0.2, 0.25) is 0 Å². The Bertz CT molecular complexity index is 694. The molecule has 0 bridgehead atoms. The van der Waals surface area contributed by atoms with Crippen molar-refractivity contribution in [2.45, 2.75) is 0 Å². The molecule has 104 valence electrons. The van der Waals surface area contributed by atoms with E-state index in [1.165, 1.54) is 24.3 Å². The second kappa shape index (κ2) is 5.80. The van der Waals surface area contributed by atoms with Gasteiger partial charge >= 0.3 is 0 Å². The van der Waals surface area contributed by atoms with Crippen molar-refractivity contribution in [1.82, 2.24) is 0 Å². The predicted molar refractivity (Wildman–Crippen MR) is 76.4 cm³/mol. The second-order valence-electron chi connectivity index (χ2n) is 3.76. The van der Waals surface area contributed by atoms with Gasteiger partial charge in [0.1, 0.15) is 4.99 Å². The third-order valence-corrected chi connectivity index (χ3v) is 3.44.